The van der Waals surface area contributed by atoms with Gasteiger partial charge in [-0.05, 0) is 24.1 Å². The van der Waals surface area contributed by atoms with Crippen LogP contribution in [0.2, 0.25) is 0 Å². The molecule has 1 heterocycles. The predicted octanol–water partition coefficient (Wildman–Crippen LogP) is 2.94. The number of anilines is 1. The smallest absolute Gasteiger partial charge is 0.321 e. The van der Waals surface area contributed by atoms with E-state index in [-0.39, 0.29) is 11.8 Å². The molecule has 0 unspecified atom stereocenters. The number of carbonyl (C=O) groups is 1. The summed E-state index contributed by atoms with van der Waals surface area (Å²) in [4.78, 5) is 16.2. The van der Waals surface area contributed by atoms with Crippen LogP contribution in [-0.2, 0) is 6.54 Å². The van der Waals surface area contributed by atoms with Crippen LogP contribution in [0.1, 0.15) is 54.9 Å². The van der Waals surface area contributed by atoms with Gasteiger partial charge in [0.05, 0.1) is 0 Å². The summed E-state index contributed by atoms with van der Waals surface area (Å²) < 4.78 is 5.13. The molecule has 2 N–H and O–H groups in total. The number of nitrogens with one attached hydrogen (secondary N) is 2. The summed E-state index contributed by atoms with van der Waals surface area (Å²) in [5.41, 5.74) is 1.63. The van der Waals surface area contributed by atoms with Crippen molar-refractivity contribution in [3.8, 4) is 0 Å². The second-order valence-electron chi connectivity index (χ2n) is 5.42. The number of benzene rings is 1. The summed E-state index contributed by atoms with van der Waals surface area (Å²) in [5.74, 6) is 0.851. The average Bonchev–Trinajstić information content (AvgIpc) is 3.00. The second kappa shape index (κ2) is 7.59. The Balaban J connectivity index is 1.96. The monoisotopic (exact) mass is 302 g/mol. The molecule has 118 valence electrons. The lowest BCUT2D eigenvalue weighted by Crippen LogP contribution is -2.24. The Hall–Kier alpha value is -2.37. The summed E-state index contributed by atoms with van der Waals surface area (Å²) in [6, 6.07) is 7.87. The zero-order chi connectivity index (χ0) is 15.9. The van der Waals surface area contributed by atoms with Gasteiger partial charge < -0.3 is 15.2 Å². The van der Waals surface area contributed by atoms with Crippen molar-refractivity contribution in [3.05, 3.63) is 41.2 Å². The number of hydrogen-bond acceptors (Lipinski definition) is 5. The zero-order valence-corrected chi connectivity index (χ0v) is 13.2. The van der Waals surface area contributed by atoms with Crippen LogP contribution in [-0.4, -0.2) is 22.6 Å². The lowest BCUT2D eigenvalue weighted by atomic mass is 10.1. The van der Waals surface area contributed by atoms with Gasteiger partial charge in [0.25, 0.3) is 5.91 Å². The van der Waals surface area contributed by atoms with Crippen molar-refractivity contribution in [1.29, 1.82) is 0 Å². The molecular formula is C16H22N4O2. The first-order chi connectivity index (χ1) is 10.6. The summed E-state index contributed by atoms with van der Waals surface area (Å²) in [7, 11) is 0. The van der Waals surface area contributed by atoms with Crippen LogP contribution < -0.4 is 10.6 Å². The van der Waals surface area contributed by atoms with Gasteiger partial charge in [-0.25, -0.2) is 0 Å². The summed E-state index contributed by atoms with van der Waals surface area (Å²) in [6.45, 7) is 7.24. The van der Waals surface area contributed by atoms with E-state index in [9.17, 15) is 4.79 Å². The highest BCUT2D eigenvalue weighted by Gasteiger charge is 2.09. The highest BCUT2D eigenvalue weighted by Crippen LogP contribution is 2.14. The van der Waals surface area contributed by atoms with Gasteiger partial charge in [0.1, 0.15) is 0 Å². The van der Waals surface area contributed by atoms with Crippen molar-refractivity contribution in [3.63, 3.8) is 0 Å². The van der Waals surface area contributed by atoms with E-state index in [1.54, 1.807) is 6.07 Å². The number of nitrogens with zero attached hydrogens (tertiary/aromatic N) is 2. The quantitative estimate of drug-likeness (QED) is 0.822. The van der Waals surface area contributed by atoms with Crippen molar-refractivity contribution in [1.82, 2.24) is 15.5 Å². The maximum Gasteiger partial charge on any atom is 0.321 e. The van der Waals surface area contributed by atoms with Crippen LogP contribution in [0, 0.1) is 0 Å². The Labute approximate surface area is 130 Å². The average molecular weight is 302 g/mol. The van der Waals surface area contributed by atoms with E-state index in [2.05, 4.69) is 20.8 Å². The fraction of sp³-hybridized carbons (Fsp3) is 0.438. The molecular weight excluding hydrogens is 280 g/mol. The molecule has 1 aromatic carbocycles. The SMILES string of the molecule is CCCNC(=O)c1cccc(CNc2nc(C(C)C)no2)c1. The number of amides is 1. The topological polar surface area (TPSA) is 80.0 Å². The molecule has 22 heavy (non-hydrogen) atoms. The Morgan fingerprint density at radius 2 is 2.18 bits per heavy atom. The standard InChI is InChI=1S/C16H22N4O2/c1-4-8-17-15(21)13-7-5-6-12(9-13)10-18-16-19-14(11(2)3)20-22-16/h5-7,9,11H,4,8,10H2,1-3H3,(H,17,21)(H,18,19,20). The fourth-order valence-electron chi connectivity index (χ4n) is 1.88. The summed E-state index contributed by atoms with van der Waals surface area (Å²) >= 11 is 0. The van der Waals surface area contributed by atoms with Gasteiger partial charge in [0.15, 0.2) is 5.82 Å². The van der Waals surface area contributed by atoms with E-state index in [4.69, 9.17) is 4.52 Å². The molecule has 0 aliphatic heterocycles. The third kappa shape index (κ3) is 4.31. The fourth-order valence-corrected chi connectivity index (χ4v) is 1.88. The van der Waals surface area contributed by atoms with Crippen molar-refractivity contribution in [2.24, 2.45) is 0 Å². The zero-order valence-electron chi connectivity index (χ0n) is 13.2. The van der Waals surface area contributed by atoms with Crippen molar-refractivity contribution in [2.45, 2.75) is 39.7 Å². The molecule has 6 heteroatoms. The van der Waals surface area contributed by atoms with Crippen LogP contribution in [0.15, 0.2) is 28.8 Å². The Morgan fingerprint density at radius 3 is 2.86 bits per heavy atom. The Bertz CT molecular complexity index is 622. The van der Waals surface area contributed by atoms with Gasteiger partial charge in [0, 0.05) is 24.6 Å². The molecule has 0 saturated heterocycles. The maximum absolute atomic E-state index is 11.9. The minimum Gasteiger partial charge on any atom is -0.352 e. The van der Waals surface area contributed by atoms with E-state index in [1.807, 2.05) is 39.0 Å². The molecule has 1 amide bonds. The molecule has 2 aromatic rings. The normalized spacial score (nSPS) is 10.7. The minimum atomic E-state index is -0.0522. The first-order valence-electron chi connectivity index (χ1n) is 7.54. The predicted molar refractivity (Wildman–Crippen MR) is 84.8 cm³/mol. The third-order valence-electron chi connectivity index (χ3n) is 3.13. The first-order valence-corrected chi connectivity index (χ1v) is 7.54. The highest BCUT2D eigenvalue weighted by molar-refractivity contribution is 5.94. The second-order valence-corrected chi connectivity index (χ2v) is 5.42. The van der Waals surface area contributed by atoms with Crippen molar-refractivity contribution < 1.29 is 9.32 Å². The summed E-state index contributed by atoms with van der Waals surface area (Å²) in [6.07, 6.45) is 0.919. The van der Waals surface area contributed by atoms with E-state index >= 15 is 0 Å². The highest BCUT2D eigenvalue weighted by atomic mass is 16.5. The molecule has 0 aliphatic carbocycles. The molecule has 0 atom stereocenters. The van der Waals surface area contributed by atoms with Crippen LogP contribution in [0.4, 0.5) is 6.01 Å². The number of aromatic nitrogens is 2. The first kappa shape index (κ1) is 16.0. The molecule has 0 aliphatic rings. The third-order valence-corrected chi connectivity index (χ3v) is 3.13. The van der Waals surface area contributed by atoms with Crippen LogP contribution in [0.3, 0.4) is 0 Å². The van der Waals surface area contributed by atoms with Gasteiger partial charge in [-0.1, -0.05) is 38.1 Å². The van der Waals surface area contributed by atoms with E-state index in [0.717, 1.165) is 12.0 Å². The molecule has 0 fully saturated rings. The number of carbonyl (C=O) groups excluding carboxylic acids is 1. The Kier molecular flexibility index (Phi) is 5.52. The molecule has 6 nitrogen and oxygen atoms in total. The van der Waals surface area contributed by atoms with Gasteiger partial charge in [0.2, 0.25) is 0 Å². The molecule has 0 spiro atoms. The lowest BCUT2D eigenvalue weighted by Gasteiger charge is -2.06. The molecule has 0 radical (unpaired) electrons. The maximum atomic E-state index is 11.9. The van der Waals surface area contributed by atoms with Crippen LogP contribution in [0.5, 0.6) is 0 Å². The van der Waals surface area contributed by atoms with E-state index in [0.29, 0.717) is 30.5 Å². The largest absolute Gasteiger partial charge is 0.352 e. The van der Waals surface area contributed by atoms with Crippen molar-refractivity contribution in [2.75, 3.05) is 11.9 Å². The van der Waals surface area contributed by atoms with Gasteiger partial charge in [-0.15, -0.1) is 0 Å². The minimum absolute atomic E-state index is 0.0522. The van der Waals surface area contributed by atoms with Gasteiger partial charge >= 0.3 is 6.01 Å². The number of hydrogen-bond donors (Lipinski definition) is 2. The Morgan fingerprint density at radius 1 is 1.36 bits per heavy atom. The van der Waals surface area contributed by atoms with E-state index in [1.165, 1.54) is 0 Å². The number of rotatable bonds is 7. The van der Waals surface area contributed by atoms with E-state index < -0.39 is 0 Å². The summed E-state index contributed by atoms with van der Waals surface area (Å²) in [5, 5.41) is 9.83. The van der Waals surface area contributed by atoms with Crippen molar-refractivity contribution >= 4 is 11.9 Å². The molecule has 1 aromatic heterocycles. The van der Waals surface area contributed by atoms with Crippen LogP contribution >= 0.6 is 0 Å². The molecule has 0 bridgehead atoms. The molecule has 0 saturated carbocycles. The molecule has 2 rings (SSSR count). The lowest BCUT2D eigenvalue weighted by molar-refractivity contribution is 0.0953. The van der Waals surface area contributed by atoms with Gasteiger partial charge in [-0.2, -0.15) is 4.98 Å². The van der Waals surface area contributed by atoms with Gasteiger partial charge in [-0.3, -0.25) is 4.79 Å². The van der Waals surface area contributed by atoms with Crippen LogP contribution in [0.25, 0.3) is 0 Å².